The van der Waals surface area contributed by atoms with Crippen LogP contribution in [0.2, 0.25) is 0 Å². The fourth-order valence-corrected chi connectivity index (χ4v) is 2.11. The molecule has 0 aromatic heterocycles. The summed E-state index contributed by atoms with van der Waals surface area (Å²) in [5, 5.41) is 18.1. The maximum Gasteiger partial charge on any atom is 0.137 e. The van der Waals surface area contributed by atoms with Gasteiger partial charge in [-0.05, 0) is 30.5 Å². The summed E-state index contributed by atoms with van der Waals surface area (Å²) < 4.78 is 13.6. The maximum atomic E-state index is 13.6. The Labute approximate surface area is 99.5 Å². The average molecular weight is 244 g/mol. The van der Waals surface area contributed by atoms with E-state index in [4.69, 9.17) is 5.11 Å². The van der Waals surface area contributed by atoms with Crippen LogP contribution in [0.1, 0.15) is 25.5 Å². The molecule has 2 N–H and O–H groups in total. The SMILES string of the molecule is CC(CO)CSc1ccc([C@@H](C)O)cc1F. The zero-order valence-electron chi connectivity index (χ0n) is 9.48. The lowest BCUT2D eigenvalue weighted by Gasteiger charge is -2.10. The van der Waals surface area contributed by atoms with Gasteiger partial charge >= 0.3 is 0 Å². The van der Waals surface area contributed by atoms with Crippen molar-refractivity contribution in [1.82, 2.24) is 0 Å². The van der Waals surface area contributed by atoms with Crippen molar-refractivity contribution >= 4 is 11.8 Å². The van der Waals surface area contributed by atoms with Crippen LogP contribution in [-0.4, -0.2) is 22.6 Å². The van der Waals surface area contributed by atoms with Crippen LogP contribution < -0.4 is 0 Å². The fourth-order valence-electron chi connectivity index (χ4n) is 1.18. The van der Waals surface area contributed by atoms with Crippen LogP contribution in [0.25, 0.3) is 0 Å². The lowest BCUT2D eigenvalue weighted by atomic mass is 10.1. The molecule has 1 rings (SSSR count). The summed E-state index contributed by atoms with van der Waals surface area (Å²) in [6.45, 7) is 3.63. The summed E-state index contributed by atoms with van der Waals surface area (Å²) in [4.78, 5) is 0.560. The second kappa shape index (κ2) is 6.23. The highest BCUT2D eigenvalue weighted by molar-refractivity contribution is 7.99. The molecule has 2 nitrogen and oxygen atoms in total. The maximum absolute atomic E-state index is 13.6. The number of benzene rings is 1. The first-order valence-electron chi connectivity index (χ1n) is 5.25. The van der Waals surface area contributed by atoms with Gasteiger partial charge in [0.25, 0.3) is 0 Å². The summed E-state index contributed by atoms with van der Waals surface area (Å²) in [6.07, 6.45) is -0.648. The molecule has 90 valence electrons. The van der Waals surface area contributed by atoms with Gasteiger partial charge in [0.15, 0.2) is 0 Å². The Hall–Kier alpha value is -0.580. The second-order valence-corrected chi connectivity index (χ2v) is 5.03. The molecule has 1 aromatic carbocycles. The molecule has 0 saturated heterocycles. The van der Waals surface area contributed by atoms with E-state index in [-0.39, 0.29) is 18.3 Å². The third-order valence-corrected chi connectivity index (χ3v) is 3.65. The van der Waals surface area contributed by atoms with Gasteiger partial charge in [0, 0.05) is 17.3 Å². The first-order valence-corrected chi connectivity index (χ1v) is 6.24. The van der Waals surface area contributed by atoms with Crippen molar-refractivity contribution in [2.24, 2.45) is 5.92 Å². The zero-order valence-corrected chi connectivity index (χ0v) is 10.3. The summed E-state index contributed by atoms with van der Waals surface area (Å²) in [5.74, 6) is 0.524. The van der Waals surface area contributed by atoms with Crippen LogP contribution in [0.4, 0.5) is 4.39 Å². The predicted octanol–water partition coefficient (Wildman–Crippen LogP) is 2.60. The highest BCUT2D eigenvalue weighted by atomic mass is 32.2. The Bertz CT molecular complexity index is 342. The molecule has 1 unspecified atom stereocenters. The van der Waals surface area contributed by atoms with Gasteiger partial charge in [-0.25, -0.2) is 4.39 Å². The molecule has 0 aliphatic carbocycles. The molecule has 2 atom stereocenters. The number of rotatable bonds is 5. The first kappa shape index (κ1) is 13.5. The molecular weight excluding hydrogens is 227 g/mol. The third-order valence-electron chi connectivity index (χ3n) is 2.27. The van der Waals surface area contributed by atoms with Gasteiger partial charge in [0.05, 0.1) is 6.10 Å². The molecule has 0 aliphatic heterocycles. The smallest absolute Gasteiger partial charge is 0.137 e. The highest BCUT2D eigenvalue weighted by Gasteiger charge is 2.09. The lowest BCUT2D eigenvalue weighted by molar-refractivity contribution is 0.198. The second-order valence-electron chi connectivity index (χ2n) is 3.96. The molecule has 16 heavy (non-hydrogen) atoms. The zero-order chi connectivity index (χ0) is 12.1. The largest absolute Gasteiger partial charge is 0.396 e. The molecule has 0 spiro atoms. The first-order chi connectivity index (χ1) is 7.54. The van der Waals surface area contributed by atoms with E-state index in [1.807, 2.05) is 6.92 Å². The lowest BCUT2D eigenvalue weighted by Crippen LogP contribution is -2.03. The Morgan fingerprint density at radius 3 is 2.56 bits per heavy atom. The quantitative estimate of drug-likeness (QED) is 0.782. The normalized spacial score (nSPS) is 14.8. The van der Waals surface area contributed by atoms with Crippen LogP contribution >= 0.6 is 11.8 Å². The monoisotopic (exact) mass is 244 g/mol. The van der Waals surface area contributed by atoms with Crippen molar-refractivity contribution in [3.05, 3.63) is 29.6 Å². The average Bonchev–Trinajstić information content (AvgIpc) is 2.26. The van der Waals surface area contributed by atoms with E-state index in [1.165, 1.54) is 17.8 Å². The van der Waals surface area contributed by atoms with E-state index < -0.39 is 6.10 Å². The molecule has 1 aromatic rings. The number of aliphatic hydroxyl groups excluding tert-OH is 2. The number of hydrogen-bond acceptors (Lipinski definition) is 3. The molecule has 0 saturated carbocycles. The fraction of sp³-hybridized carbons (Fsp3) is 0.500. The molecule has 0 fully saturated rings. The van der Waals surface area contributed by atoms with Gasteiger partial charge in [-0.15, -0.1) is 11.8 Å². The molecule has 0 aliphatic rings. The Balaban J connectivity index is 2.68. The molecular formula is C12H17FO2S. The van der Waals surface area contributed by atoms with Gasteiger partial charge in [0.1, 0.15) is 5.82 Å². The Morgan fingerprint density at radius 2 is 2.06 bits per heavy atom. The number of aliphatic hydroxyl groups is 2. The minimum atomic E-state index is -0.648. The molecule has 4 heteroatoms. The summed E-state index contributed by atoms with van der Waals surface area (Å²) >= 11 is 1.38. The van der Waals surface area contributed by atoms with Crippen LogP contribution in [0.3, 0.4) is 0 Å². The summed E-state index contributed by atoms with van der Waals surface area (Å²) in [7, 11) is 0. The van der Waals surface area contributed by atoms with E-state index in [0.717, 1.165) is 0 Å². The molecule has 0 bridgehead atoms. The number of halogens is 1. The van der Waals surface area contributed by atoms with E-state index in [0.29, 0.717) is 16.2 Å². The van der Waals surface area contributed by atoms with Crippen molar-refractivity contribution in [2.45, 2.75) is 24.8 Å². The van der Waals surface area contributed by atoms with Crippen LogP contribution in [0, 0.1) is 11.7 Å². The topological polar surface area (TPSA) is 40.5 Å². The van der Waals surface area contributed by atoms with Crippen LogP contribution in [0.5, 0.6) is 0 Å². The van der Waals surface area contributed by atoms with Gasteiger partial charge in [-0.3, -0.25) is 0 Å². The number of thioether (sulfide) groups is 1. The molecule has 0 heterocycles. The minimum Gasteiger partial charge on any atom is -0.396 e. The van der Waals surface area contributed by atoms with Crippen molar-refractivity contribution < 1.29 is 14.6 Å². The molecule has 0 radical (unpaired) electrons. The van der Waals surface area contributed by atoms with Crippen molar-refractivity contribution in [3.63, 3.8) is 0 Å². The van der Waals surface area contributed by atoms with Crippen molar-refractivity contribution in [2.75, 3.05) is 12.4 Å². The predicted molar refractivity (Wildman–Crippen MR) is 64.0 cm³/mol. The third kappa shape index (κ3) is 3.77. The Kier molecular flexibility index (Phi) is 5.25. The van der Waals surface area contributed by atoms with Crippen molar-refractivity contribution in [3.8, 4) is 0 Å². The molecule has 0 amide bonds. The van der Waals surface area contributed by atoms with E-state index >= 15 is 0 Å². The van der Waals surface area contributed by atoms with E-state index in [9.17, 15) is 9.50 Å². The van der Waals surface area contributed by atoms with Gasteiger partial charge < -0.3 is 10.2 Å². The van der Waals surface area contributed by atoms with Gasteiger partial charge in [0.2, 0.25) is 0 Å². The van der Waals surface area contributed by atoms with E-state index in [2.05, 4.69) is 0 Å². The number of hydrogen-bond donors (Lipinski definition) is 2. The standard InChI is InChI=1S/C12H17FO2S/c1-8(6-14)7-16-12-4-3-10(9(2)15)5-11(12)13/h3-5,8-9,14-15H,6-7H2,1-2H3/t8?,9-/m1/s1. The minimum absolute atomic E-state index is 0.111. The van der Waals surface area contributed by atoms with Crippen LogP contribution in [-0.2, 0) is 0 Å². The van der Waals surface area contributed by atoms with Gasteiger partial charge in [-0.1, -0.05) is 13.0 Å². The highest BCUT2D eigenvalue weighted by Crippen LogP contribution is 2.26. The summed E-state index contributed by atoms with van der Waals surface area (Å²) in [6, 6.07) is 4.75. The van der Waals surface area contributed by atoms with Crippen LogP contribution in [0.15, 0.2) is 23.1 Å². The Morgan fingerprint density at radius 1 is 1.38 bits per heavy atom. The van der Waals surface area contributed by atoms with Gasteiger partial charge in [-0.2, -0.15) is 0 Å². The summed E-state index contributed by atoms with van der Waals surface area (Å²) in [5.41, 5.74) is 0.581. The van der Waals surface area contributed by atoms with Crippen molar-refractivity contribution in [1.29, 1.82) is 0 Å². The van der Waals surface area contributed by atoms with E-state index in [1.54, 1.807) is 19.1 Å².